The van der Waals surface area contributed by atoms with Gasteiger partial charge in [0.2, 0.25) is 0 Å². The fraction of sp³-hybridized carbons (Fsp3) is 1.00. The van der Waals surface area contributed by atoms with Gasteiger partial charge in [-0.2, -0.15) is 0 Å². The van der Waals surface area contributed by atoms with Crippen molar-refractivity contribution in [2.75, 3.05) is 33.4 Å². The topological polar surface area (TPSA) is 32.7 Å². The van der Waals surface area contributed by atoms with Gasteiger partial charge >= 0.3 is 0 Å². The van der Waals surface area contributed by atoms with Crippen molar-refractivity contribution < 1.29 is 9.84 Å². The highest BCUT2D eigenvalue weighted by Crippen LogP contribution is 2.33. The van der Waals surface area contributed by atoms with Crippen molar-refractivity contribution >= 4 is 0 Å². The smallest absolute Gasteiger partial charge is 0.0900 e. The molecular formula is C11H23NO2. The number of β-amino-alcohol motifs (C(OH)–C–C–N with tert-alkyl or cyclic N) is 1. The number of nitrogens with zero attached hydrogens (tertiary/aromatic N) is 1. The molecule has 0 amide bonds. The standard InChI is InChI=1S/C11H23NO2/c1-11(2,3)9-5-12(6-9)7-10(13)8-14-4/h9-10,13H,5-8H2,1-4H3. The predicted octanol–water partition coefficient (Wildman–Crippen LogP) is 0.972. The molecule has 0 aromatic heterocycles. The molecule has 1 unspecified atom stereocenters. The number of likely N-dealkylation sites (tertiary alicyclic amines) is 1. The van der Waals surface area contributed by atoms with Crippen molar-refractivity contribution in [2.24, 2.45) is 11.3 Å². The second kappa shape index (κ2) is 4.60. The molecule has 0 saturated carbocycles. The highest BCUT2D eigenvalue weighted by Gasteiger charge is 2.35. The number of methoxy groups -OCH3 is 1. The Labute approximate surface area is 87.1 Å². The monoisotopic (exact) mass is 201 g/mol. The molecule has 1 aliphatic rings. The number of rotatable bonds is 4. The second-order valence-corrected chi connectivity index (χ2v) is 5.39. The highest BCUT2D eigenvalue weighted by molar-refractivity contribution is 4.88. The Morgan fingerprint density at radius 2 is 2.00 bits per heavy atom. The van der Waals surface area contributed by atoms with Gasteiger partial charge in [0.25, 0.3) is 0 Å². The summed E-state index contributed by atoms with van der Waals surface area (Å²) in [7, 11) is 1.62. The lowest BCUT2D eigenvalue weighted by molar-refractivity contribution is -0.0253. The van der Waals surface area contributed by atoms with E-state index in [1.165, 1.54) is 0 Å². The quantitative estimate of drug-likeness (QED) is 0.735. The predicted molar refractivity (Wildman–Crippen MR) is 57.3 cm³/mol. The number of hydrogen-bond donors (Lipinski definition) is 1. The van der Waals surface area contributed by atoms with E-state index in [4.69, 9.17) is 4.74 Å². The van der Waals surface area contributed by atoms with Crippen molar-refractivity contribution in [3.63, 3.8) is 0 Å². The molecule has 1 aliphatic heterocycles. The summed E-state index contributed by atoms with van der Waals surface area (Å²) < 4.78 is 4.89. The lowest BCUT2D eigenvalue weighted by Crippen LogP contribution is -2.54. The van der Waals surface area contributed by atoms with Crippen molar-refractivity contribution in [1.29, 1.82) is 0 Å². The lowest BCUT2D eigenvalue weighted by atomic mass is 9.76. The molecule has 0 aromatic rings. The van der Waals surface area contributed by atoms with E-state index >= 15 is 0 Å². The second-order valence-electron chi connectivity index (χ2n) is 5.39. The van der Waals surface area contributed by atoms with E-state index in [0.29, 0.717) is 12.0 Å². The van der Waals surface area contributed by atoms with Gasteiger partial charge in [-0.3, -0.25) is 4.90 Å². The van der Waals surface area contributed by atoms with Gasteiger partial charge in [0.15, 0.2) is 0 Å². The third-order valence-corrected chi connectivity index (χ3v) is 3.01. The van der Waals surface area contributed by atoms with E-state index in [0.717, 1.165) is 25.6 Å². The van der Waals surface area contributed by atoms with E-state index in [2.05, 4.69) is 25.7 Å². The molecule has 1 fully saturated rings. The van der Waals surface area contributed by atoms with Crippen molar-refractivity contribution in [3.05, 3.63) is 0 Å². The number of aliphatic hydroxyl groups excluding tert-OH is 1. The maximum atomic E-state index is 9.51. The highest BCUT2D eigenvalue weighted by atomic mass is 16.5. The largest absolute Gasteiger partial charge is 0.389 e. The van der Waals surface area contributed by atoms with Crippen LogP contribution in [0.3, 0.4) is 0 Å². The molecular weight excluding hydrogens is 178 g/mol. The summed E-state index contributed by atoms with van der Waals surface area (Å²) in [5.74, 6) is 0.775. The summed E-state index contributed by atoms with van der Waals surface area (Å²) in [5.41, 5.74) is 0.405. The van der Waals surface area contributed by atoms with Crippen LogP contribution < -0.4 is 0 Å². The Bertz CT molecular complexity index is 171. The summed E-state index contributed by atoms with van der Waals surface area (Å²) in [4.78, 5) is 2.29. The number of hydrogen-bond acceptors (Lipinski definition) is 3. The van der Waals surface area contributed by atoms with Gasteiger partial charge in [-0.1, -0.05) is 20.8 Å². The molecule has 1 atom stereocenters. The fourth-order valence-electron chi connectivity index (χ4n) is 1.81. The molecule has 1 N–H and O–H groups in total. The van der Waals surface area contributed by atoms with Crippen molar-refractivity contribution in [3.8, 4) is 0 Å². The van der Waals surface area contributed by atoms with E-state index in [9.17, 15) is 5.11 Å². The normalized spacial score (nSPS) is 22.1. The molecule has 0 aromatic carbocycles. The van der Waals surface area contributed by atoms with Gasteiger partial charge in [0.1, 0.15) is 0 Å². The Hall–Kier alpha value is -0.120. The van der Waals surface area contributed by atoms with E-state index in [-0.39, 0.29) is 6.10 Å². The summed E-state index contributed by atoms with van der Waals surface area (Å²) in [6, 6.07) is 0. The molecule has 0 spiro atoms. The van der Waals surface area contributed by atoms with Gasteiger partial charge < -0.3 is 9.84 Å². The molecule has 1 heterocycles. The Kier molecular flexibility index (Phi) is 3.93. The van der Waals surface area contributed by atoms with Crippen molar-refractivity contribution in [1.82, 2.24) is 4.90 Å². The number of aliphatic hydroxyl groups is 1. The van der Waals surface area contributed by atoms with Crippen LogP contribution >= 0.6 is 0 Å². The van der Waals surface area contributed by atoms with Crippen LogP contribution in [0.2, 0.25) is 0 Å². The zero-order valence-corrected chi connectivity index (χ0v) is 9.79. The zero-order chi connectivity index (χ0) is 10.8. The molecule has 3 nitrogen and oxygen atoms in total. The summed E-state index contributed by atoms with van der Waals surface area (Å²) in [6.45, 7) is 10.3. The van der Waals surface area contributed by atoms with Gasteiger partial charge in [0, 0.05) is 26.7 Å². The third-order valence-electron chi connectivity index (χ3n) is 3.01. The van der Waals surface area contributed by atoms with Gasteiger partial charge in [0.05, 0.1) is 12.7 Å². The maximum Gasteiger partial charge on any atom is 0.0900 e. The summed E-state index contributed by atoms with van der Waals surface area (Å²) in [6.07, 6.45) is -0.332. The molecule has 0 bridgehead atoms. The Morgan fingerprint density at radius 3 is 2.43 bits per heavy atom. The molecule has 84 valence electrons. The molecule has 0 radical (unpaired) electrons. The first-order valence-corrected chi connectivity index (χ1v) is 5.33. The SMILES string of the molecule is COCC(O)CN1CC(C(C)(C)C)C1. The van der Waals surface area contributed by atoms with Crippen LogP contribution in [0.4, 0.5) is 0 Å². The first-order valence-electron chi connectivity index (χ1n) is 5.33. The minimum atomic E-state index is -0.332. The van der Waals surface area contributed by atoms with Crippen LogP contribution in [0, 0.1) is 11.3 Å². The average molecular weight is 201 g/mol. The van der Waals surface area contributed by atoms with Gasteiger partial charge in [-0.15, -0.1) is 0 Å². The van der Waals surface area contributed by atoms with E-state index < -0.39 is 0 Å². The van der Waals surface area contributed by atoms with Crippen LogP contribution in [-0.2, 0) is 4.74 Å². The minimum Gasteiger partial charge on any atom is -0.389 e. The molecule has 3 heteroatoms. The van der Waals surface area contributed by atoms with E-state index in [1.54, 1.807) is 7.11 Å². The first kappa shape index (κ1) is 12.0. The first-order chi connectivity index (χ1) is 6.43. The zero-order valence-electron chi connectivity index (χ0n) is 9.79. The van der Waals surface area contributed by atoms with Crippen molar-refractivity contribution in [2.45, 2.75) is 26.9 Å². The van der Waals surface area contributed by atoms with Crippen LogP contribution in [0.1, 0.15) is 20.8 Å². The van der Waals surface area contributed by atoms with Crippen LogP contribution in [0.25, 0.3) is 0 Å². The average Bonchev–Trinajstić information content (AvgIpc) is 1.94. The van der Waals surface area contributed by atoms with Gasteiger partial charge in [-0.05, 0) is 11.3 Å². The fourth-order valence-corrected chi connectivity index (χ4v) is 1.81. The van der Waals surface area contributed by atoms with Crippen LogP contribution in [-0.4, -0.2) is 49.5 Å². The lowest BCUT2D eigenvalue weighted by Gasteiger charge is -2.47. The summed E-state index contributed by atoms with van der Waals surface area (Å²) in [5, 5.41) is 9.51. The Morgan fingerprint density at radius 1 is 1.43 bits per heavy atom. The Balaban J connectivity index is 2.16. The third kappa shape index (κ3) is 3.23. The molecule has 14 heavy (non-hydrogen) atoms. The van der Waals surface area contributed by atoms with Crippen LogP contribution in [0.15, 0.2) is 0 Å². The molecule has 0 aliphatic carbocycles. The molecule has 1 saturated heterocycles. The minimum absolute atomic E-state index is 0.332. The molecule has 1 rings (SSSR count). The summed E-state index contributed by atoms with van der Waals surface area (Å²) >= 11 is 0. The van der Waals surface area contributed by atoms with Crippen LogP contribution in [0.5, 0.6) is 0 Å². The number of ether oxygens (including phenoxy) is 1. The van der Waals surface area contributed by atoms with Gasteiger partial charge in [-0.25, -0.2) is 0 Å². The maximum absolute atomic E-state index is 9.51. The van der Waals surface area contributed by atoms with E-state index in [1.807, 2.05) is 0 Å².